The van der Waals surface area contributed by atoms with Gasteiger partial charge in [-0.05, 0) is 31.1 Å². The molecule has 66 valence electrons. The third-order valence-corrected chi connectivity index (χ3v) is 3.32. The van der Waals surface area contributed by atoms with Crippen LogP contribution in [0.2, 0.25) is 0 Å². The highest BCUT2D eigenvalue weighted by Gasteiger charge is 2.35. The van der Waals surface area contributed by atoms with Gasteiger partial charge >= 0.3 is 0 Å². The van der Waals surface area contributed by atoms with Crippen molar-refractivity contribution in [2.24, 2.45) is 17.8 Å². The minimum Gasteiger partial charge on any atom is -0.299 e. The Labute approximate surface area is 73.8 Å². The van der Waals surface area contributed by atoms with Crippen LogP contribution in [0, 0.1) is 17.8 Å². The number of carbonyl (C=O) groups is 1. The van der Waals surface area contributed by atoms with Gasteiger partial charge in [-0.1, -0.05) is 19.1 Å². The summed E-state index contributed by atoms with van der Waals surface area (Å²) in [5, 5.41) is 0. The van der Waals surface area contributed by atoms with E-state index in [1.807, 2.05) is 0 Å². The first kappa shape index (κ1) is 8.03. The fourth-order valence-corrected chi connectivity index (χ4v) is 2.72. The number of Topliss-reactive ketones (excluding diaryl/α,β-unsaturated/α-hetero) is 1. The molecule has 0 aliphatic heterocycles. The molecule has 0 heterocycles. The van der Waals surface area contributed by atoms with Gasteiger partial charge in [-0.25, -0.2) is 0 Å². The number of fused-ring (bicyclic) bond motifs is 1. The quantitative estimate of drug-likeness (QED) is 0.503. The summed E-state index contributed by atoms with van der Waals surface area (Å²) in [4.78, 5) is 11.6. The summed E-state index contributed by atoms with van der Waals surface area (Å²) in [6, 6.07) is 0. The molecule has 0 spiro atoms. The Bertz CT molecular complexity index is 217. The Kier molecular flexibility index (Phi) is 2.03. The molecular formula is C11H16O. The first-order valence-electron chi connectivity index (χ1n) is 4.98. The van der Waals surface area contributed by atoms with Crippen LogP contribution in [0.15, 0.2) is 12.2 Å². The van der Waals surface area contributed by atoms with Crippen molar-refractivity contribution >= 4 is 5.78 Å². The van der Waals surface area contributed by atoms with Crippen molar-refractivity contribution in [2.75, 3.05) is 0 Å². The third-order valence-electron chi connectivity index (χ3n) is 3.32. The molecule has 1 nitrogen and oxygen atoms in total. The molecule has 2 aliphatic rings. The highest BCUT2D eigenvalue weighted by Crippen LogP contribution is 2.38. The lowest BCUT2D eigenvalue weighted by atomic mass is 9.68. The summed E-state index contributed by atoms with van der Waals surface area (Å²) in [5.41, 5.74) is 0. The molecule has 0 aromatic carbocycles. The molecule has 0 aromatic rings. The van der Waals surface area contributed by atoms with Gasteiger partial charge in [0.1, 0.15) is 5.78 Å². The van der Waals surface area contributed by atoms with Crippen molar-refractivity contribution in [2.45, 2.75) is 32.6 Å². The fourth-order valence-electron chi connectivity index (χ4n) is 2.72. The van der Waals surface area contributed by atoms with Crippen LogP contribution in [0.25, 0.3) is 0 Å². The SMILES string of the molecule is C[C@@H]1C=CC[C@@H]2CCCC(=O)[C@@H]21. The number of carbonyl (C=O) groups excluding carboxylic acids is 1. The van der Waals surface area contributed by atoms with Crippen molar-refractivity contribution < 1.29 is 4.79 Å². The fraction of sp³-hybridized carbons (Fsp3) is 0.727. The Morgan fingerprint density at radius 2 is 2.33 bits per heavy atom. The molecule has 1 saturated carbocycles. The van der Waals surface area contributed by atoms with Crippen LogP contribution in [0.3, 0.4) is 0 Å². The van der Waals surface area contributed by atoms with Crippen LogP contribution in [0.5, 0.6) is 0 Å². The molecule has 2 rings (SSSR count). The van der Waals surface area contributed by atoms with Gasteiger partial charge in [0.2, 0.25) is 0 Å². The van der Waals surface area contributed by atoms with Crippen LogP contribution in [0.4, 0.5) is 0 Å². The van der Waals surface area contributed by atoms with Crippen LogP contribution < -0.4 is 0 Å². The second-order valence-corrected chi connectivity index (χ2v) is 4.17. The second kappa shape index (κ2) is 3.04. The maximum atomic E-state index is 11.6. The van der Waals surface area contributed by atoms with E-state index in [0.717, 1.165) is 19.3 Å². The average Bonchev–Trinajstić information content (AvgIpc) is 2.04. The number of hydrogen-bond acceptors (Lipinski definition) is 1. The molecule has 0 radical (unpaired) electrons. The van der Waals surface area contributed by atoms with Gasteiger partial charge in [0.25, 0.3) is 0 Å². The molecule has 0 bridgehead atoms. The summed E-state index contributed by atoms with van der Waals surface area (Å²) >= 11 is 0. The Morgan fingerprint density at radius 1 is 1.50 bits per heavy atom. The lowest BCUT2D eigenvalue weighted by Gasteiger charge is -2.35. The minimum absolute atomic E-state index is 0.365. The van der Waals surface area contributed by atoms with E-state index in [0.29, 0.717) is 23.5 Å². The average molecular weight is 164 g/mol. The number of allylic oxidation sites excluding steroid dienone is 2. The minimum atomic E-state index is 0.365. The maximum absolute atomic E-state index is 11.6. The summed E-state index contributed by atoms with van der Waals surface area (Å²) < 4.78 is 0. The molecule has 0 N–H and O–H groups in total. The van der Waals surface area contributed by atoms with E-state index in [9.17, 15) is 4.79 Å². The first-order valence-corrected chi connectivity index (χ1v) is 4.98. The van der Waals surface area contributed by atoms with E-state index in [2.05, 4.69) is 19.1 Å². The zero-order valence-electron chi connectivity index (χ0n) is 7.62. The van der Waals surface area contributed by atoms with Gasteiger partial charge in [-0.2, -0.15) is 0 Å². The first-order chi connectivity index (χ1) is 5.79. The van der Waals surface area contributed by atoms with Crippen molar-refractivity contribution in [1.82, 2.24) is 0 Å². The molecule has 12 heavy (non-hydrogen) atoms. The number of hydrogen-bond donors (Lipinski definition) is 0. The molecular weight excluding hydrogens is 148 g/mol. The van der Waals surface area contributed by atoms with Gasteiger partial charge < -0.3 is 0 Å². The third kappa shape index (κ3) is 1.21. The largest absolute Gasteiger partial charge is 0.299 e. The van der Waals surface area contributed by atoms with Crippen LogP contribution in [-0.4, -0.2) is 5.78 Å². The predicted molar refractivity (Wildman–Crippen MR) is 48.8 cm³/mol. The molecule has 3 atom stereocenters. The van der Waals surface area contributed by atoms with E-state index in [-0.39, 0.29) is 0 Å². The smallest absolute Gasteiger partial charge is 0.136 e. The molecule has 1 heteroatoms. The predicted octanol–water partition coefficient (Wildman–Crippen LogP) is 2.57. The summed E-state index contributed by atoms with van der Waals surface area (Å²) in [6.07, 6.45) is 8.83. The Balaban J connectivity index is 2.20. The van der Waals surface area contributed by atoms with Crippen LogP contribution in [0.1, 0.15) is 32.6 Å². The van der Waals surface area contributed by atoms with Gasteiger partial charge in [0.15, 0.2) is 0 Å². The van der Waals surface area contributed by atoms with E-state index in [1.54, 1.807) is 0 Å². The van der Waals surface area contributed by atoms with E-state index >= 15 is 0 Å². The highest BCUT2D eigenvalue weighted by molar-refractivity contribution is 5.82. The number of ketones is 1. The van der Waals surface area contributed by atoms with Crippen molar-refractivity contribution in [3.63, 3.8) is 0 Å². The Hall–Kier alpha value is -0.590. The summed E-state index contributed by atoms with van der Waals surface area (Å²) in [5.74, 6) is 2.05. The molecule has 0 amide bonds. The zero-order chi connectivity index (χ0) is 8.55. The van der Waals surface area contributed by atoms with E-state index in [4.69, 9.17) is 0 Å². The molecule has 1 fully saturated rings. The maximum Gasteiger partial charge on any atom is 0.136 e. The van der Waals surface area contributed by atoms with Gasteiger partial charge in [-0.3, -0.25) is 4.79 Å². The summed E-state index contributed by atoms with van der Waals surface area (Å²) in [7, 11) is 0. The van der Waals surface area contributed by atoms with Crippen molar-refractivity contribution in [3.05, 3.63) is 12.2 Å². The van der Waals surface area contributed by atoms with Gasteiger partial charge in [0, 0.05) is 12.3 Å². The monoisotopic (exact) mass is 164 g/mol. The van der Waals surface area contributed by atoms with Crippen LogP contribution >= 0.6 is 0 Å². The molecule has 0 unspecified atom stereocenters. The van der Waals surface area contributed by atoms with Gasteiger partial charge in [0.05, 0.1) is 0 Å². The number of rotatable bonds is 0. The van der Waals surface area contributed by atoms with Crippen molar-refractivity contribution in [3.8, 4) is 0 Å². The van der Waals surface area contributed by atoms with Crippen LogP contribution in [-0.2, 0) is 4.79 Å². The summed E-state index contributed by atoms with van der Waals surface area (Å²) in [6.45, 7) is 2.18. The molecule has 0 aromatic heterocycles. The normalized spacial score (nSPS) is 41.1. The Morgan fingerprint density at radius 3 is 3.08 bits per heavy atom. The van der Waals surface area contributed by atoms with Gasteiger partial charge in [-0.15, -0.1) is 0 Å². The van der Waals surface area contributed by atoms with E-state index in [1.165, 1.54) is 6.42 Å². The topological polar surface area (TPSA) is 17.1 Å². The second-order valence-electron chi connectivity index (χ2n) is 4.17. The van der Waals surface area contributed by atoms with E-state index < -0.39 is 0 Å². The van der Waals surface area contributed by atoms with Crippen molar-refractivity contribution in [1.29, 1.82) is 0 Å². The zero-order valence-corrected chi connectivity index (χ0v) is 7.62. The highest BCUT2D eigenvalue weighted by atomic mass is 16.1. The lowest BCUT2D eigenvalue weighted by Crippen LogP contribution is -2.34. The molecule has 0 saturated heterocycles. The molecule has 2 aliphatic carbocycles. The lowest BCUT2D eigenvalue weighted by molar-refractivity contribution is -0.128. The standard InChI is InChI=1S/C11H16O/c1-8-4-2-5-9-6-3-7-10(12)11(8)9/h2,4,8-9,11H,3,5-7H2,1H3/t8-,9-,11-/m1/s1.